The minimum Gasteiger partial charge on any atom is -0.496 e. The number of methoxy groups -OCH3 is 1. The first-order valence-corrected chi connectivity index (χ1v) is 14.1. The Kier molecular flexibility index (Phi) is 8.28. The average molecular weight is 586 g/mol. The lowest BCUT2D eigenvalue weighted by Gasteiger charge is -2.33. The third kappa shape index (κ3) is 6.44. The summed E-state index contributed by atoms with van der Waals surface area (Å²) in [5.41, 5.74) is 7.20. The van der Waals surface area contributed by atoms with Crippen LogP contribution >= 0.6 is 11.6 Å². The second-order valence-corrected chi connectivity index (χ2v) is 11.5. The van der Waals surface area contributed by atoms with E-state index in [1.807, 2.05) is 19.1 Å². The standard InChI is InChI=1S/C35H33ClFNO4/c1-21-6-11-25(37)17-31(21)41-20-29-27(14-15-30-34(29)22(2)19-35(3,4)38-30)28-13-12-26(18-32(28)40-5)42-33(39)16-23-7-9-24(36)10-8-23/h6-15,17-19,38H,16,20H2,1-5H3. The van der Waals surface area contributed by atoms with Gasteiger partial charge < -0.3 is 19.5 Å². The van der Waals surface area contributed by atoms with Crippen LogP contribution in [0.25, 0.3) is 16.7 Å². The van der Waals surface area contributed by atoms with Crippen molar-refractivity contribution < 1.29 is 23.4 Å². The summed E-state index contributed by atoms with van der Waals surface area (Å²) >= 11 is 5.95. The van der Waals surface area contributed by atoms with Crippen LogP contribution in [-0.4, -0.2) is 18.6 Å². The fraction of sp³-hybridized carbons (Fsp3) is 0.229. The largest absolute Gasteiger partial charge is 0.496 e. The summed E-state index contributed by atoms with van der Waals surface area (Å²) in [5, 5.41) is 4.21. The molecule has 4 aromatic carbocycles. The monoisotopic (exact) mass is 585 g/mol. The summed E-state index contributed by atoms with van der Waals surface area (Å²) in [7, 11) is 1.58. The van der Waals surface area contributed by atoms with Crippen LogP contribution in [0.5, 0.6) is 17.2 Å². The van der Waals surface area contributed by atoms with Gasteiger partial charge in [-0.05, 0) is 86.4 Å². The maximum atomic E-state index is 14.0. The van der Waals surface area contributed by atoms with Gasteiger partial charge in [0.15, 0.2) is 0 Å². The average Bonchev–Trinajstić information content (AvgIpc) is 2.94. The van der Waals surface area contributed by atoms with E-state index in [-0.39, 0.29) is 24.4 Å². The number of nitrogens with one attached hydrogen (secondary N) is 1. The lowest BCUT2D eigenvalue weighted by atomic mass is 9.85. The van der Waals surface area contributed by atoms with Crippen molar-refractivity contribution in [2.45, 2.75) is 46.3 Å². The molecule has 0 saturated heterocycles. The second kappa shape index (κ2) is 11.9. The minimum absolute atomic E-state index is 0.113. The zero-order valence-corrected chi connectivity index (χ0v) is 25.1. The van der Waals surface area contributed by atoms with Crippen molar-refractivity contribution in [1.29, 1.82) is 0 Å². The maximum absolute atomic E-state index is 14.0. The first kappa shape index (κ1) is 29.2. The lowest BCUT2D eigenvalue weighted by Crippen LogP contribution is -2.32. The minimum atomic E-state index is -0.394. The SMILES string of the molecule is COc1cc(OC(=O)Cc2ccc(Cl)cc2)ccc1-c1ccc2c(c1COc1cc(F)ccc1C)C(C)=CC(C)(C)N2. The quantitative estimate of drug-likeness (QED) is 0.165. The van der Waals surface area contributed by atoms with Crippen LogP contribution in [-0.2, 0) is 17.8 Å². The summed E-state index contributed by atoms with van der Waals surface area (Å²) in [6.07, 6.45) is 2.30. The number of fused-ring (bicyclic) bond motifs is 1. The normalized spacial score (nSPS) is 13.5. The van der Waals surface area contributed by atoms with Gasteiger partial charge in [0, 0.05) is 39.5 Å². The van der Waals surface area contributed by atoms with Crippen LogP contribution in [0.2, 0.25) is 5.02 Å². The van der Waals surface area contributed by atoms with E-state index in [2.05, 4.69) is 38.2 Å². The molecule has 42 heavy (non-hydrogen) atoms. The van der Waals surface area contributed by atoms with E-state index < -0.39 is 5.97 Å². The Bertz CT molecular complexity index is 1680. The number of hydrogen-bond acceptors (Lipinski definition) is 5. The molecule has 0 fully saturated rings. The van der Waals surface area contributed by atoms with Crippen LogP contribution in [0.3, 0.4) is 0 Å². The van der Waals surface area contributed by atoms with Gasteiger partial charge in [-0.1, -0.05) is 41.9 Å². The zero-order chi connectivity index (χ0) is 30.0. The highest BCUT2D eigenvalue weighted by molar-refractivity contribution is 6.30. The molecular weight excluding hydrogens is 553 g/mol. The van der Waals surface area contributed by atoms with E-state index in [0.717, 1.165) is 44.6 Å². The molecule has 216 valence electrons. The van der Waals surface area contributed by atoms with Crippen LogP contribution in [0.4, 0.5) is 10.1 Å². The number of benzene rings is 4. The smallest absolute Gasteiger partial charge is 0.315 e. The van der Waals surface area contributed by atoms with Crippen LogP contribution in [0.1, 0.15) is 43.0 Å². The van der Waals surface area contributed by atoms with Gasteiger partial charge in [0.1, 0.15) is 29.7 Å². The number of rotatable bonds is 8. The molecule has 4 aromatic rings. The van der Waals surface area contributed by atoms with Crippen molar-refractivity contribution in [3.63, 3.8) is 0 Å². The molecular formula is C35H33ClFNO4. The predicted molar refractivity (Wildman–Crippen MR) is 166 cm³/mol. The molecule has 0 saturated carbocycles. The fourth-order valence-electron chi connectivity index (χ4n) is 5.37. The van der Waals surface area contributed by atoms with Crippen molar-refractivity contribution >= 4 is 28.8 Å². The molecule has 1 aliphatic heterocycles. The van der Waals surface area contributed by atoms with Gasteiger partial charge in [-0.3, -0.25) is 4.79 Å². The van der Waals surface area contributed by atoms with Crippen LogP contribution < -0.4 is 19.5 Å². The Hall–Kier alpha value is -4.29. The van der Waals surface area contributed by atoms with Crippen molar-refractivity contribution in [2.24, 2.45) is 0 Å². The number of ether oxygens (including phenoxy) is 3. The molecule has 0 aliphatic carbocycles. The van der Waals surface area contributed by atoms with Crippen LogP contribution in [0, 0.1) is 12.7 Å². The van der Waals surface area contributed by atoms with E-state index in [0.29, 0.717) is 22.3 Å². The number of carbonyl (C=O) groups is 1. The molecule has 0 unspecified atom stereocenters. The van der Waals surface area contributed by atoms with Gasteiger partial charge in [-0.25, -0.2) is 4.39 Å². The van der Waals surface area contributed by atoms with Crippen molar-refractivity contribution in [3.8, 4) is 28.4 Å². The molecule has 0 spiro atoms. The molecule has 0 radical (unpaired) electrons. The highest BCUT2D eigenvalue weighted by Gasteiger charge is 2.27. The molecule has 5 nitrogen and oxygen atoms in total. The third-order valence-electron chi connectivity index (χ3n) is 7.22. The van der Waals surface area contributed by atoms with E-state index in [4.69, 9.17) is 25.8 Å². The summed E-state index contributed by atoms with van der Waals surface area (Å²) < 4.78 is 31.7. The van der Waals surface area contributed by atoms with E-state index in [1.165, 1.54) is 12.1 Å². The molecule has 5 rings (SSSR count). The number of carbonyl (C=O) groups excluding carboxylic acids is 1. The molecule has 1 N–H and O–H groups in total. The predicted octanol–water partition coefficient (Wildman–Crippen LogP) is 8.80. The van der Waals surface area contributed by atoms with E-state index in [1.54, 1.807) is 49.6 Å². The van der Waals surface area contributed by atoms with Crippen molar-refractivity contribution in [3.05, 3.63) is 112 Å². The number of hydrogen-bond donors (Lipinski definition) is 1. The summed E-state index contributed by atoms with van der Waals surface area (Å²) in [4.78, 5) is 12.6. The molecule has 1 aliphatic rings. The lowest BCUT2D eigenvalue weighted by molar-refractivity contribution is -0.133. The van der Waals surface area contributed by atoms with Gasteiger partial charge in [0.2, 0.25) is 0 Å². The molecule has 1 heterocycles. The molecule has 7 heteroatoms. The summed E-state index contributed by atoms with van der Waals surface area (Å²) in [5.74, 6) is 0.656. The number of aryl methyl sites for hydroxylation is 1. The number of esters is 1. The summed E-state index contributed by atoms with van der Waals surface area (Å²) in [6, 6.07) is 21.0. The Labute approximate surface area is 250 Å². The van der Waals surface area contributed by atoms with E-state index >= 15 is 0 Å². The molecule has 0 aromatic heterocycles. The van der Waals surface area contributed by atoms with E-state index in [9.17, 15) is 9.18 Å². The van der Waals surface area contributed by atoms with Gasteiger partial charge in [0.25, 0.3) is 0 Å². The first-order chi connectivity index (χ1) is 20.0. The zero-order valence-electron chi connectivity index (χ0n) is 24.3. The van der Waals surface area contributed by atoms with Gasteiger partial charge in [0.05, 0.1) is 19.1 Å². The number of anilines is 1. The maximum Gasteiger partial charge on any atom is 0.315 e. The number of allylic oxidation sites excluding steroid dienone is 1. The van der Waals surface area contributed by atoms with Gasteiger partial charge in [-0.15, -0.1) is 0 Å². The van der Waals surface area contributed by atoms with Crippen molar-refractivity contribution in [1.82, 2.24) is 0 Å². The topological polar surface area (TPSA) is 56.8 Å². The fourth-order valence-corrected chi connectivity index (χ4v) is 5.50. The number of halogens is 2. The Morgan fingerprint density at radius 3 is 2.40 bits per heavy atom. The van der Waals surface area contributed by atoms with Gasteiger partial charge >= 0.3 is 5.97 Å². The molecule has 0 amide bonds. The second-order valence-electron chi connectivity index (χ2n) is 11.0. The summed E-state index contributed by atoms with van der Waals surface area (Å²) in [6.45, 7) is 8.42. The van der Waals surface area contributed by atoms with Gasteiger partial charge in [-0.2, -0.15) is 0 Å². The highest BCUT2D eigenvalue weighted by atomic mass is 35.5. The Morgan fingerprint density at radius 1 is 0.929 bits per heavy atom. The molecule has 0 bridgehead atoms. The Balaban J connectivity index is 1.50. The van der Waals surface area contributed by atoms with Crippen LogP contribution in [0.15, 0.2) is 78.9 Å². The highest BCUT2D eigenvalue weighted by Crippen LogP contribution is 2.43. The third-order valence-corrected chi connectivity index (χ3v) is 7.47. The van der Waals surface area contributed by atoms with Crippen molar-refractivity contribution in [2.75, 3.05) is 12.4 Å². The Morgan fingerprint density at radius 2 is 1.67 bits per heavy atom. The first-order valence-electron chi connectivity index (χ1n) is 13.7. The molecule has 0 atom stereocenters.